The van der Waals surface area contributed by atoms with Crippen molar-refractivity contribution >= 4 is 5.84 Å². The van der Waals surface area contributed by atoms with Crippen LogP contribution in [0.1, 0.15) is 45.4 Å². The van der Waals surface area contributed by atoms with Crippen LogP contribution in [-0.2, 0) is 0 Å². The van der Waals surface area contributed by atoms with Crippen molar-refractivity contribution in [3.8, 4) is 0 Å². The van der Waals surface area contributed by atoms with Crippen molar-refractivity contribution in [1.82, 2.24) is 10.2 Å². The number of nitrogens with two attached hydrogens (primary N) is 1. The molecule has 18 heavy (non-hydrogen) atoms. The molecule has 0 aliphatic carbocycles. The highest BCUT2D eigenvalue weighted by atomic mass is 16.4. The Morgan fingerprint density at radius 3 is 2.72 bits per heavy atom. The highest BCUT2D eigenvalue weighted by Gasteiger charge is 2.15. The molecule has 106 valence electrons. The number of nitrogens with one attached hydrogen (secondary N) is 1. The van der Waals surface area contributed by atoms with Crippen LogP contribution in [-0.4, -0.2) is 48.2 Å². The molecule has 0 aromatic carbocycles. The van der Waals surface area contributed by atoms with Gasteiger partial charge in [-0.3, -0.25) is 4.90 Å². The Kier molecular flexibility index (Phi) is 7.76. The summed E-state index contributed by atoms with van der Waals surface area (Å²) < 4.78 is 0. The first-order chi connectivity index (χ1) is 8.74. The van der Waals surface area contributed by atoms with Gasteiger partial charge in [0.2, 0.25) is 0 Å². The van der Waals surface area contributed by atoms with Gasteiger partial charge in [0.1, 0.15) is 5.84 Å². The molecular weight excluding hydrogens is 228 g/mol. The van der Waals surface area contributed by atoms with Gasteiger partial charge in [-0.05, 0) is 52.2 Å². The summed E-state index contributed by atoms with van der Waals surface area (Å²) in [5.41, 5.74) is 5.41. The minimum Gasteiger partial charge on any atom is -0.409 e. The number of hydrogen-bond acceptors (Lipinski definition) is 4. The van der Waals surface area contributed by atoms with Gasteiger partial charge in [-0.2, -0.15) is 0 Å². The van der Waals surface area contributed by atoms with Crippen molar-refractivity contribution < 1.29 is 5.21 Å². The van der Waals surface area contributed by atoms with Crippen molar-refractivity contribution in [2.24, 2.45) is 10.9 Å². The highest BCUT2D eigenvalue weighted by molar-refractivity contribution is 5.79. The van der Waals surface area contributed by atoms with Crippen LogP contribution in [0.2, 0.25) is 0 Å². The molecule has 1 saturated heterocycles. The molecule has 1 aliphatic rings. The maximum atomic E-state index is 8.40. The molecule has 0 spiro atoms. The van der Waals surface area contributed by atoms with Gasteiger partial charge in [0.25, 0.3) is 0 Å². The molecule has 0 saturated carbocycles. The lowest BCUT2D eigenvalue weighted by molar-refractivity contribution is 0.171. The summed E-state index contributed by atoms with van der Waals surface area (Å²) in [6.45, 7) is 6.88. The van der Waals surface area contributed by atoms with E-state index in [0.29, 0.717) is 18.3 Å². The van der Waals surface area contributed by atoms with Gasteiger partial charge in [0.15, 0.2) is 0 Å². The zero-order valence-corrected chi connectivity index (χ0v) is 11.6. The fourth-order valence-corrected chi connectivity index (χ4v) is 2.41. The summed E-state index contributed by atoms with van der Waals surface area (Å²) in [5.74, 6) is 0.330. The second-order valence-electron chi connectivity index (χ2n) is 5.20. The summed E-state index contributed by atoms with van der Waals surface area (Å²) in [6, 6.07) is 0.634. The van der Waals surface area contributed by atoms with Crippen molar-refractivity contribution in [3.05, 3.63) is 0 Å². The van der Waals surface area contributed by atoms with Crippen LogP contribution in [0.25, 0.3) is 0 Å². The quantitative estimate of drug-likeness (QED) is 0.202. The maximum absolute atomic E-state index is 8.40. The van der Waals surface area contributed by atoms with E-state index in [1.165, 1.54) is 32.4 Å². The lowest BCUT2D eigenvalue weighted by Gasteiger charge is -2.32. The van der Waals surface area contributed by atoms with Gasteiger partial charge in [-0.1, -0.05) is 11.6 Å². The summed E-state index contributed by atoms with van der Waals surface area (Å²) in [5, 5.41) is 14.8. The minimum absolute atomic E-state index is 0.330. The second kappa shape index (κ2) is 9.16. The Balaban J connectivity index is 1.96. The second-order valence-corrected chi connectivity index (χ2v) is 5.20. The average molecular weight is 256 g/mol. The molecule has 0 aromatic rings. The fraction of sp³-hybridized carbons (Fsp3) is 0.923. The van der Waals surface area contributed by atoms with Crippen LogP contribution in [0.5, 0.6) is 0 Å². The van der Waals surface area contributed by atoms with Gasteiger partial charge in [0, 0.05) is 19.0 Å². The number of rotatable bonds is 8. The number of unbranched alkanes of at least 4 members (excludes halogenated alkanes) is 1. The van der Waals surface area contributed by atoms with E-state index in [0.717, 1.165) is 25.9 Å². The molecule has 1 heterocycles. The van der Waals surface area contributed by atoms with Gasteiger partial charge in [-0.25, -0.2) is 0 Å². The van der Waals surface area contributed by atoms with E-state index < -0.39 is 0 Å². The molecule has 0 radical (unpaired) electrons. The van der Waals surface area contributed by atoms with Crippen LogP contribution < -0.4 is 11.1 Å². The maximum Gasteiger partial charge on any atom is 0.139 e. The molecule has 5 nitrogen and oxygen atoms in total. The lowest BCUT2D eigenvalue weighted by atomic mass is 10.1. The van der Waals surface area contributed by atoms with E-state index in [9.17, 15) is 0 Å². The smallest absolute Gasteiger partial charge is 0.139 e. The minimum atomic E-state index is 0.330. The van der Waals surface area contributed by atoms with Gasteiger partial charge in [-0.15, -0.1) is 0 Å². The van der Waals surface area contributed by atoms with Gasteiger partial charge < -0.3 is 16.3 Å². The van der Waals surface area contributed by atoms with Crippen molar-refractivity contribution in [2.75, 3.05) is 26.2 Å². The third-order valence-corrected chi connectivity index (χ3v) is 3.62. The van der Waals surface area contributed by atoms with Crippen LogP contribution in [0.4, 0.5) is 0 Å². The third kappa shape index (κ3) is 6.21. The summed E-state index contributed by atoms with van der Waals surface area (Å²) in [6.07, 6.45) is 6.82. The Morgan fingerprint density at radius 2 is 2.06 bits per heavy atom. The standard InChI is InChI=1S/C13H28N4O/c1-12(17-9-5-2-6-10-17)11-15-8-4-3-7-13(14)16-18/h12,15,18H,2-11H2,1H3,(H2,14,16). The molecule has 1 rings (SSSR count). The van der Waals surface area contributed by atoms with E-state index in [4.69, 9.17) is 10.9 Å². The Hall–Kier alpha value is -0.810. The van der Waals surface area contributed by atoms with Crippen LogP contribution >= 0.6 is 0 Å². The predicted octanol–water partition coefficient (Wildman–Crippen LogP) is 1.37. The number of likely N-dealkylation sites (tertiary alicyclic amines) is 1. The molecule has 4 N–H and O–H groups in total. The largest absolute Gasteiger partial charge is 0.409 e. The first-order valence-corrected chi connectivity index (χ1v) is 7.15. The number of hydrogen-bond donors (Lipinski definition) is 3. The van der Waals surface area contributed by atoms with Crippen LogP contribution in [0, 0.1) is 0 Å². The molecule has 1 atom stereocenters. The Labute approximate surface area is 110 Å². The average Bonchev–Trinajstić information content (AvgIpc) is 2.43. The monoisotopic (exact) mass is 256 g/mol. The van der Waals surface area contributed by atoms with E-state index in [2.05, 4.69) is 22.3 Å². The Morgan fingerprint density at radius 1 is 1.33 bits per heavy atom. The zero-order chi connectivity index (χ0) is 13.2. The van der Waals surface area contributed by atoms with E-state index in [-0.39, 0.29) is 0 Å². The number of piperidine rings is 1. The van der Waals surface area contributed by atoms with Crippen molar-refractivity contribution in [1.29, 1.82) is 0 Å². The number of amidine groups is 1. The predicted molar refractivity (Wildman–Crippen MR) is 75.0 cm³/mol. The van der Waals surface area contributed by atoms with E-state index in [1.807, 2.05) is 0 Å². The lowest BCUT2D eigenvalue weighted by Crippen LogP contribution is -2.43. The van der Waals surface area contributed by atoms with Crippen LogP contribution in [0.3, 0.4) is 0 Å². The third-order valence-electron chi connectivity index (χ3n) is 3.62. The fourth-order valence-electron chi connectivity index (χ4n) is 2.41. The summed E-state index contributed by atoms with van der Waals surface area (Å²) in [4.78, 5) is 2.58. The first-order valence-electron chi connectivity index (χ1n) is 7.15. The van der Waals surface area contributed by atoms with Crippen molar-refractivity contribution in [3.63, 3.8) is 0 Å². The van der Waals surface area contributed by atoms with Crippen LogP contribution in [0.15, 0.2) is 5.16 Å². The molecular formula is C13H28N4O. The topological polar surface area (TPSA) is 73.9 Å². The Bertz CT molecular complexity index is 239. The van der Waals surface area contributed by atoms with Gasteiger partial charge in [0.05, 0.1) is 0 Å². The molecule has 0 bridgehead atoms. The molecule has 5 heteroatoms. The highest BCUT2D eigenvalue weighted by Crippen LogP contribution is 2.11. The first kappa shape index (κ1) is 15.2. The zero-order valence-electron chi connectivity index (χ0n) is 11.6. The molecule has 0 amide bonds. The number of nitrogens with zero attached hydrogens (tertiary/aromatic N) is 2. The van der Waals surface area contributed by atoms with E-state index in [1.54, 1.807) is 0 Å². The normalized spacial score (nSPS) is 19.9. The summed E-state index contributed by atoms with van der Waals surface area (Å²) in [7, 11) is 0. The summed E-state index contributed by atoms with van der Waals surface area (Å²) >= 11 is 0. The van der Waals surface area contributed by atoms with Crippen molar-refractivity contribution in [2.45, 2.75) is 51.5 Å². The van der Waals surface area contributed by atoms with Gasteiger partial charge >= 0.3 is 0 Å². The molecule has 1 unspecified atom stereocenters. The molecule has 0 aromatic heterocycles. The SMILES string of the molecule is CC(CNCCCCC(N)=NO)N1CCCCC1. The number of oxime groups is 1. The van der Waals surface area contributed by atoms with E-state index >= 15 is 0 Å². The molecule has 1 aliphatic heterocycles. The molecule has 1 fully saturated rings.